The largest absolute Gasteiger partial charge is 0.384 e. The van der Waals surface area contributed by atoms with Crippen molar-refractivity contribution in [2.24, 2.45) is 0 Å². The van der Waals surface area contributed by atoms with Crippen molar-refractivity contribution in [2.45, 2.75) is 13.0 Å². The van der Waals surface area contributed by atoms with Crippen molar-refractivity contribution in [3.8, 4) is 0 Å². The van der Waals surface area contributed by atoms with Crippen molar-refractivity contribution < 1.29 is 9.18 Å². The molecule has 0 aliphatic carbocycles. The number of nitrogens with zero attached hydrogens (tertiary/aromatic N) is 1. The average Bonchev–Trinajstić information content (AvgIpc) is 2.37. The van der Waals surface area contributed by atoms with Gasteiger partial charge in [0.2, 0.25) is 0 Å². The second-order valence-corrected chi connectivity index (χ2v) is 4.74. The van der Waals surface area contributed by atoms with E-state index >= 15 is 0 Å². The van der Waals surface area contributed by atoms with Gasteiger partial charge in [-0.05, 0) is 36.8 Å². The molecule has 1 amide bonds. The number of aromatic nitrogens is 1. The molecule has 1 atom stereocenters. The molecule has 0 saturated heterocycles. The summed E-state index contributed by atoms with van der Waals surface area (Å²) in [5.41, 5.74) is 6.52. The van der Waals surface area contributed by atoms with Crippen LogP contribution in [0.1, 0.15) is 28.9 Å². The summed E-state index contributed by atoms with van der Waals surface area (Å²) < 4.78 is 13.1. The molecule has 0 fully saturated rings. The van der Waals surface area contributed by atoms with Crippen molar-refractivity contribution in [1.82, 2.24) is 10.3 Å². The van der Waals surface area contributed by atoms with Crippen LogP contribution in [-0.4, -0.2) is 10.9 Å². The summed E-state index contributed by atoms with van der Waals surface area (Å²) in [5.74, 6) is -0.529. The van der Waals surface area contributed by atoms with E-state index in [2.05, 4.69) is 10.3 Å². The molecule has 0 bridgehead atoms. The number of pyridine rings is 1. The third kappa shape index (κ3) is 3.45. The number of carbonyl (C=O) groups is 1. The Morgan fingerprint density at radius 3 is 2.80 bits per heavy atom. The molecular formula is C14H13ClFN3O. The number of rotatable bonds is 3. The number of nitrogens with one attached hydrogen (secondary N) is 1. The molecule has 1 aromatic heterocycles. The minimum Gasteiger partial charge on any atom is -0.384 e. The maximum atomic E-state index is 13.1. The first-order valence-electron chi connectivity index (χ1n) is 5.95. The topological polar surface area (TPSA) is 68.0 Å². The van der Waals surface area contributed by atoms with Gasteiger partial charge in [0.05, 0.1) is 6.04 Å². The highest BCUT2D eigenvalue weighted by atomic mass is 35.5. The van der Waals surface area contributed by atoms with E-state index in [0.29, 0.717) is 11.1 Å². The molecule has 0 aliphatic heterocycles. The smallest absolute Gasteiger partial charge is 0.251 e. The highest BCUT2D eigenvalue weighted by Crippen LogP contribution is 2.16. The third-order valence-corrected chi connectivity index (χ3v) is 2.97. The fourth-order valence-corrected chi connectivity index (χ4v) is 2.00. The lowest BCUT2D eigenvalue weighted by Gasteiger charge is -2.14. The monoisotopic (exact) mass is 293 g/mol. The second-order valence-electron chi connectivity index (χ2n) is 4.35. The Kier molecular flexibility index (Phi) is 4.20. The van der Waals surface area contributed by atoms with E-state index in [1.54, 1.807) is 19.1 Å². The Labute approximate surface area is 120 Å². The van der Waals surface area contributed by atoms with Gasteiger partial charge >= 0.3 is 0 Å². The number of amides is 1. The van der Waals surface area contributed by atoms with Crippen LogP contribution in [0.4, 0.5) is 10.2 Å². The zero-order chi connectivity index (χ0) is 14.7. The quantitative estimate of drug-likeness (QED) is 0.855. The fraction of sp³-hybridized carbons (Fsp3) is 0.143. The van der Waals surface area contributed by atoms with E-state index in [1.165, 1.54) is 24.3 Å². The standard InChI is InChI=1S/C14H13ClFN3O/c1-8(9-3-2-4-11(16)5-9)18-14(20)10-6-12(15)19-13(17)7-10/h2-8H,1H3,(H2,17,19)(H,18,20). The minimum absolute atomic E-state index is 0.147. The summed E-state index contributed by atoms with van der Waals surface area (Å²) in [7, 11) is 0. The number of nitrogens with two attached hydrogens (primary N) is 1. The average molecular weight is 294 g/mol. The molecule has 3 N–H and O–H groups in total. The summed E-state index contributed by atoms with van der Waals surface area (Å²) in [5, 5.41) is 2.89. The van der Waals surface area contributed by atoms with E-state index < -0.39 is 0 Å². The van der Waals surface area contributed by atoms with Crippen LogP contribution in [0.25, 0.3) is 0 Å². The zero-order valence-electron chi connectivity index (χ0n) is 10.7. The van der Waals surface area contributed by atoms with Crippen LogP contribution >= 0.6 is 11.6 Å². The Hall–Kier alpha value is -2.14. The first kappa shape index (κ1) is 14.3. The van der Waals surface area contributed by atoms with Crippen LogP contribution < -0.4 is 11.1 Å². The van der Waals surface area contributed by atoms with Crippen LogP contribution in [0.3, 0.4) is 0 Å². The van der Waals surface area contributed by atoms with Gasteiger partial charge in [0.1, 0.15) is 16.8 Å². The Balaban J connectivity index is 2.15. The van der Waals surface area contributed by atoms with Gasteiger partial charge in [-0.3, -0.25) is 4.79 Å². The Morgan fingerprint density at radius 2 is 2.15 bits per heavy atom. The molecule has 1 unspecified atom stereocenters. The van der Waals surface area contributed by atoms with Crippen LogP contribution in [0.15, 0.2) is 36.4 Å². The van der Waals surface area contributed by atoms with Gasteiger partial charge in [-0.25, -0.2) is 9.37 Å². The highest BCUT2D eigenvalue weighted by molar-refractivity contribution is 6.29. The number of hydrogen-bond donors (Lipinski definition) is 2. The molecule has 0 aliphatic rings. The molecule has 2 rings (SSSR count). The molecule has 104 valence electrons. The maximum absolute atomic E-state index is 13.1. The van der Waals surface area contributed by atoms with E-state index in [1.807, 2.05) is 0 Å². The number of nitrogen functional groups attached to an aromatic ring is 1. The third-order valence-electron chi connectivity index (χ3n) is 2.77. The van der Waals surface area contributed by atoms with Crippen molar-refractivity contribution >= 4 is 23.3 Å². The molecule has 0 radical (unpaired) electrons. The summed E-state index contributed by atoms with van der Waals surface area (Å²) in [6.45, 7) is 1.76. The summed E-state index contributed by atoms with van der Waals surface area (Å²) >= 11 is 5.75. The normalized spacial score (nSPS) is 11.9. The fourth-order valence-electron chi connectivity index (χ4n) is 1.79. The van der Waals surface area contributed by atoms with Gasteiger partial charge in [-0.15, -0.1) is 0 Å². The number of anilines is 1. The van der Waals surface area contributed by atoms with Gasteiger partial charge < -0.3 is 11.1 Å². The summed E-state index contributed by atoms with van der Waals surface area (Å²) in [6.07, 6.45) is 0. The van der Waals surface area contributed by atoms with Gasteiger partial charge in [0.25, 0.3) is 5.91 Å². The van der Waals surface area contributed by atoms with Crippen molar-refractivity contribution in [3.05, 3.63) is 58.5 Å². The zero-order valence-corrected chi connectivity index (χ0v) is 11.5. The molecule has 1 aromatic carbocycles. The van der Waals surface area contributed by atoms with Crippen molar-refractivity contribution in [3.63, 3.8) is 0 Å². The molecule has 1 heterocycles. The molecule has 2 aromatic rings. The second kappa shape index (κ2) is 5.88. The maximum Gasteiger partial charge on any atom is 0.251 e. The summed E-state index contributed by atoms with van der Waals surface area (Å²) in [6, 6.07) is 8.56. The lowest BCUT2D eigenvalue weighted by Crippen LogP contribution is -2.26. The van der Waals surface area contributed by atoms with Crippen molar-refractivity contribution in [1.29, 1.82) is 0 Å². The number of carbonyl (C=O) groups excluding carboxylic acids is 1. The van der Waals surface area contributed by atoms with Crippen LogP contribution in [0.2, 0.25) is 5.15 Å². The Morgan fingerprint density at radius 1 is 1.40 bits per heavy atom. The van der Waals surface area contributed by atoms with Crippen LogP contribution in [0, 0.1) is 5.82 Å². The first-order chi connectivity index (χ1) is 9.45. The highest BCUT2D eigenvalue weighted by Gasteiger charge is 2.13. The van der Waals surface area contributed by atoms with E-state index in [4.69, 9.17) is 17.3 Å². The van der Waals surface area contributed by atoms with Gasteiger partial charge in [0.15, 0.2) is 0 Å². The van der Waals surface area contributed by atoms with Gasteiger partial charge in [-0.1, -0.05) is 23.7 Å². The van der Waals surface area contributed by atoms with E-state index in [-0.39, 0.29) is 28.7 Å². The number of halogens is 2. The molecule has 0 spiro atoms. The molecular weight excluding hydrogens is 281 g/mol. The van der Waals surface area contributed by atoms with Crippen molar-refractivity contribution in [2.75, 3.05) is 5.73 Å². The first-order valence-corrected chi connectivity index (χ1v) is 6.33. The predicted molar refractivity (Wildman–Crippen MR) is 75.9 cm³/mol. The van der Waals surface area contributed by atoms with Crippen LogP contribution in [-0.2, 0) is 0 Å². The number of hydrogen-bond acceptors (Lipinski definition) is 3. The SMILES string of the molecule is CC(NC(=O)c1cc(N)nc(Cl)c1)c1cccc(F)c1. The van der Waals surface area contributed by atoms with E-state index in [9.17, 15) is 9.18 Å². The molecule has 6 heteroatoms. The molecule has 20 heavy (non-hydrogen) atoms. The predicted octanol–water partition coefficient (Wildman–Crippen LogP) is 2.95. The summed E-state index contributed by atoms with van der Waals surface area (Å²) in [4.78, 5) is 15.9. The van der Waals surface area contributed by atoms with E-state index in [0.717, 1.165) is 0 Å². The minimum atomic E-state index is -0.349. The van der Waals surface area contributed by atoms with Gasteiger partial charge in [-0.2, -0.15) is 0 Å². The lowest BCUT2D eigenvalue weighted by atomic mass is 10.1. The Bertz CT molecular complexity index is 628. The molecule has 0 saturated carbocycles. The van der Waals surface area contributed by atoms with Gasteiger partial charge in [0, 0.05) is 5.56 Å². The number of benzene rings is 1. The molecule has 4 nitrogen and oxygen atoms in total. The van der Waals surface area contributed by atoms with Crippen LogP contribution in [0.5, 0.6) is 0 Å². The lowest BCUT2D eigenvalue weighted by molar-refractivity contribution is 0.0939.